The maximum Gasteiger partial charge on any atom is 0.307 e. The largest absolute Gasteiger partial charge is 0.481 e. The third kappa shape index (κ3) is 2.97. The molecule has 0 spiro atoms. The van der Waals surface area contributed by atoms with Crippen LogP contribution in [0, 0.1) is 0 Å². The topological polar surface area (TPSA) is 72.3 Å². The highest BCUT2D eigenvalue weighted by Crippen LogP contribution is 2.27. The summed E-state index contributed by atoms with van der Waals surface area (Å²) in [5.41, 5.74) is 0.674. The average molecular weight is 280 g/mol. The molecule has 1 aromatic heterocycles. The van der Waals surface area contributed by atoms with Gasteiger partial charge in [0.2, 0.25) is 5.88 Å². The van der Waals surface area contributed by atoms with Crippen LogP contribution < -0.4 is 4.74 Å². The van der Waals surface area contributed by atoms with Crippen LogP contribution in [-0.2, 0) is 11.2 Å². The summed E-state index contributed by atoms with van der Waals surface area (Å²) >= 11 is 0. The van der Waals surface area contributed by atoms with Gasteiger partial charge in [-0.1, -0.05) is 30.3 Å². The van der Waals surface area contributed by atoms with Crippen molar-refractivity contribution in [2.75, 3.05) is 0 Å². The Kier molecular flexibility index (Phi) is 3.47. The van der Waals surface area contributed by atoms with E-state index in [4.69, 9.17) is 9.84 Å². The van der Waals surface area contributed by atoms with Crippen LogP contribution in [0.3, 0.4) is 0 Å². The fraction of sp³-hybridized carbons (Fsp3) is 0.0625. The molecule has 104 valence electrons. The number of carbonyl (C=O) groups is 1. The summed E-state index contributed by atoms with van der Waals surface area (Å²) in [7, 11) is 0. The number of rotatable bonds is 4. The van der Waals surface area contributed by atoms with Crippen LogP contribution in [0.2, 0.25) is 0 Å². The van der Waals surface area contributed by atoms with Gasteiger partial charge in [-0.05, 0) is 23.8 Å². The third-order valence-corrected chi connectivity index (χ3v) is 3.00. The first-order valence-electron chi connectivity index (χ1n) is 6.41. The molecule has 1 N–H and O–H groups in total. The number of hydrogen-bond acceptors (Lipinski definition) is 4. The number of carboxylic acids is 1. The smallest absolute Gasteiger partial charge is 0.307 e. The summed E-state index contributed by atoms with van der Waals surface area (Å²) in [6.45, 7) is 0. The van der Waals surface area contributed by atoms with Crippen molar-refractivity contribution in [2.45, 2.75) is 6.42 Å². The van der Waals surface area contributed by atoms with Crippen LogP contribution in [0.5, 0.6) is 11.6 Å². The Morgan fingerprint density at radius 3 is 2.86 bits per heavy atom. The van der Waals surface area contributed by atoms with Gasteiger partial charge in [-0.3, -0.25) is 4.79 Å². The minimum absolute atomic E-state index is 0.0432. The first-order chi connectivity index (χ1) is 10.2. The van der Waals surface area contributed by atoms with E-state index in [0.29, 0.717) is 17.2 Å². The monoisotopic (exact) mass is 280 g/mol. The van der Waals surface area contributed by atoms with Crippen LogP contribution in [0.25, 0.3) is 10.8 Å². The van der Waals surface area contributed by atoms with Gasteiger partial charge in [0.1, 0.15) is 5.75 Å². The number of ether oxygens (including phenoxy) is 1. The summed E-state index contributed by atoms with van der Waals surface area (Å²) in [4.78, 5) is 10.7. The zero-order chi connectivity index (χ0) is 14.7. The van der Waals surface area contributed by atoms with Crippen molar-refractivity contribution in [3.05, 3.63) is 60.3 Å². The van der Waals surface area contributed by atoms with Crippen molar-refractivity contribution in [3.8, 4) is 11.6 Å². The lowest BCUT2D eigenvalue weighted by molar-refractivity contribution is -0.136. The van der Waals surface area contributed by atoms with Gasteiger partial charge in [0.15, 0.2) is 0 Å². The van der Waals surface area contributed by atoms with E-state index in [1.54, 1.807) is 30.5 Å². The van der Waals surface area contributed by atoms with Crippen molar-refractivity contribution in [3.63, 3.8) is 0 Å². The lowest BCUT2D eigenvalue weighted by Gasteiger charge is -2.07. The summed E-state index contributed by atoms with van der Waals surface area (Å²) in [5.74, 6) is 0.0667. The maximum absolute atomic E-state index is 10.7. The third-order valence-electron chi connectivity index (χ3n) is 3.00. The molecule has 21 heavy (non-hydrogen) atoms. The molecule has 5 nitrogen and oxygen atoms in total. The Balaban J connectivity index is 1.93. The second-order valence-corrected chi connectivity index (χ2v) is 4.56. The molecule has 3 rings (SSSR count). The van der Waals surface area contributed by atoms with Crippen molar-refractivity contribution < 1.29 is 14.6 Å². The molecule has 1 heterocycles. The molecule has 0 bridgehead atoms. The van der Waals surface area contributed by atoms with Gasteiger partial charge in [-0.2, -0.15) is 5.10 Å². The van der Waals surface area contributed by atoms with E-state index in [-0.39, 0.29) is 6.42 Å². The molecular weight excluding hydrogens is 268 g/mol. The van der Waals surface area contributed by atoms with Gasteiger partial charge >= 0.3 is 5.97 Å². The van der Waals surface area contributed by atoms with Gasteiger partial charge < -0.3 is 9.84 Å². The first kappa shape index (κ1) is 13.1. The van der Waals surface area contributed by atoms with E-state index in [1.807, 2.05) is 24.3 Å². The molecular formula is C16H12N2O3. The SMILES string of the molecule is O=C(O)Cc1cccc(Oc2nncc3ccccc23)c1. The normalized spacial score (nSPS) is 10.5. The molecule has 0 saturated heterocycles. The molecule has 2 aromatic carbocycles. The van der Waals surface area contributed by atoms with Crippen molar-refractivity contribution in [1.82, 2.24) is 10.2 Å². The quantitative estimate of drug-likeness (QED) is 0.795. The zero-order valence-corrected chi connectivity index (χ0v) is 11.1. The molecule has 0 atom stereocenters. The van der Waals surface area contributed by atoms with Gasteiger partial charge in [-0.15, -0.1) is 5.10 Å². The molecule has 0 amide bonds. The molecule has 5 heteroatoms. The highest BCUT2D eigenvalue weighted by Gasteiger charge is 2.07. The number of aliphatic carboxylic acids is 1. The lowest BCUT2D eigenvalue weighted by atomic mass is 10.1. The molecule has 0 radical (unpaired) electrons. The highest BCUT2D eigenvalue weighted by atomic mass is 16.5. The lowest BCUT2D eigenvalue weighted by Crippen LogP contribution is -2.00. The summed E-state index contributed by atoms with van der Waals surface area (Å²) < 4.78 is 5.75. The van der Waals surface area contributed by atoms with Gasteiger partial charge in [0, 0.05) is 10.8 Å². The van der Waals surface area contributed by atoms with Gasteiger partial charge in [0.25, 0.3) is 0 Å². The standard InChI is InChI=1S/C16H12N2O3/c19-15(20)9-11-4-3-6-13(8-11)21-16-14-7-2-1-5-12(14)10-17-18-16/h1-8,10H,9H2,(H,19,20). The molecule has 0 aliphatic rings. The summed E-state index contributed by atoms with van der Waals surface area (Å²) in [6.07, 6.45) is 1.63. The molecule has 0 aliphatic carbocycles. The Morgan fingerprint density at radius 1 is 1.14 bits per heavy atom. The average Bonchev–Trinajstić information content (AvgIpc) is 2.47. The van der Waals surface area contributed by atoms with Crippen molar-refractivity contribution >= 4 is 16.7 Å². The molecule has 0 fully saturated rings. The Bertz CT molecular complexity index is 797. The van der Waals surface area contributed by atoms with Crippen LogP contribution >= 0.6 is 0 Å². The number of nitrogens with zero attached hydrogens (tertiary/aromatic N) is 2. The number of hydrogen-bond donors (Lipinski definition) is 1. The van der Waals surface area contributed by atoms with Crippen LogP contribution in [-0.4, -0.2) is 21.3 Å². The summed E-state index contributed by atoms with van der Waals surface area (Å²) in [6, 6.07) is 14.6. The van der Waals surface area contributed by atoms with E-state index in [9.17, 15) is 4.79 Å². The number of aromatic nitrogens is 2. The molecule has 0 unspecified atom stereocenters. The Morgan fingerprint density at radius 2 is 2.00 bits per heavy atom. The number of carboxylic acid groups (broad SMARTS) is 1. The number of fused-ring (bicyclic) bond motifs is 1. The molecule has 3 aromatic rings. The van der Waals surface area contributed by atoms with Crippen molar-refractivity contribution in [1.29, 1.82) is 0 Å². The zero-order valence-electron chi connectivity index (χ0n) is 11.1. The van der Waals surface area contributed by atoms with Gasteiger partial charge in [-0.25, -0.2) is 0 Å². The minimum Gasteiger partial charge on any atom is -0.481 e. The summed E-state index contributed by atoms with van der Waals surface area (Å²) in [5, 5.41) is 18.5. The van der Waals surface area contributed by atoms with Gasteiger partial charge in [0.05, 0.1) is 12.6 Å². The van der Waals surface area contributed by atoms with Crippen LogP contribution in [0.15, 0.2) is 54.7 Å². The first-order valence-corrected chi connectivity index (χ1v) is 6.41. The second-order valence-electron chi connectivity index (χ2n) is 4.56. The second kappa shape index (κ2) is 5.58. The van der Waals surface area contributed by atoms with Crippen LogP contribution in [0.1, 0.15) is 5.56 Å². The predicted molar refractivity (Wildman–Crippen MR) is 77.4 cm³/mol. The molecule has 0 saturated carbocycles. The van der Waals surface area contributed by atoms with Crippen molar-refractivity contribution in [2.24, 2.45) is 0 Å². The Labute approximate surface area is 120 Å². The van der Waals surface area contributed by atoms with Crippen LogP contribution in [0.4, 0.5) is 0 Å². The maximum atomic E-state index is 10.7. The minimum atomic E-state index is -0.878. The molecule has 0 aliphatic heterocycles. The Hall–Kier alpha value is -2.95. The predicted octanol–water partition coefficient (Wildman–Crippen LogP) is 3.05. The fourth-order valence-electron chi connectivity index (χ4n) is 2.08. The van der Waals surface area contributed by atoms with E-state index in [0.717, 1.165) is 10.8 Å². The van der Waals surface area contributed by atoms with E-state index < -0.39 is 5.97 Å². The fourth-order valence-corrected chi connectivity index (χ4v) is 2.08. The van der Waals surface area contributed by atoms with E-state index in [2.05, 4.69) is 10.2 Å². The highest BCUT2D eigenvalue weighted by molar-refractivity contribution is 5.86. The number of benzene rings is 2. The van der Waals surface area contributed by atoms with E-state index in [1.165, 1.54) is 0 Å². The van der Waals surface area contributed by atoms with E-state index >= 15 is 0 Å².